The van der Waals surface area contributed by atoms with Gasteiger partial charge in [0.2, 0.25) is 5.91 Å². The quantitative estimate of drug-likeness (QED) is 0.306. The average molecular weight is 535 g/mol. The van der Waals surface area contributed by atoms with Crippen LogP contribution < -0.4 is 15.2 Å². The van der Waals surface area contributed by atoms with E-state index in [-0.39, 0.29) is 35.0 Å². The molecule has 1 aliphatic rings. The standard InChI is InChI=1S/C26H24F2N8O3/c1-5-20(37)35-9-8-14(12-35)36-24-16(26-31-13-32-34(26)2)11-30-25(29)21(24)17(33-36)7-6-15-22(27)18(38-3)10-19(39-4)23(15)28/h5,10-11,13-14H,1,8-9,12H2,2-4H3,(H2,29,30)/t14-/m0/s1. The molecule has 1 aliphatic heterocycles. The summed E-state index contributed by atoms with van der Waals surface area (Å²) in [5.74, 6) is 3.33. The molecule has 1 aromatic carbocycles. The number of nitrogens with zero attached hydrogens (tertiary/aromatic N) is 7. The fourth-order valence-corrected chi connectivity index (χ4v) is 4.64. The van der Waals surface area contributed by atoms with Crippen molar-refractivity contribution < 1.29 is 23.0 Å². The molecule has 200 valence electrons. The van der Waals surface area contributed by atoms with E-state index in [2.05, 4.69) is 33.5 Å². The first-order valence-electron chi connectivity index (χ1n) is 11.8. The molecule has 5 rings (SSSR count). The second kappa shape index (κ2) is 10.1. The zero-order valence-corrected chi connectivity index (χ0v) is 21.4. The Morgan fingerprint density at radius 3 is 2.54 bits per heavy atom. The zero-order chi connectivity index (χ0) is 27.8. The Hall–Kier alpha value is -4.99. The summed E-state index contributed by atoms with van der Waals surface area (Å²) in [6, 6.07) is 0.858. The second-order valence-electron chi connectivity index (χ2n) is 8.75. The van der Waals surface area contributed by atoms with Gasteiger partial charge in [0.15, 0.2) is 29.0 Å². The van der Waals surface area contributed by atoms with Crippen LogP contribution in [-0.2, 0) is 11.8 Å². The third-order valence-corrected chi connectivity index (χ3v) is 6.58. The number of carbonyl (C=O) groups excluding carboxylic acids is 1. The molecule has 1 fully saturated rings. The Labute approximate surface area is 221 Å². The van der Waals surface area contributed by atoms with Crippen LogP contribution in [0.1, 0.15) is 23.7 Å². The van der Waals surface area contributed by atoms with E-state index in [1.54, 1.807) is 27.5 Å². The number of carbonyl (C=O) groups is 1. The molecule has 1 atom stereocenters. The van der Waals surface area contributed by atoms with Gasteiger partial charge in [-0.05, 0) is 18.4 Å². The van der Waals surface area contributed by atoms with E-state index in [1.165, 1.54) is 26.6 Å². The highest BCUT2D eigenvalue weighted by atomic mass is 19.1. The van der Waals surface area contributed by atoms with Crippen LogP contribution >= 0.6 is 0 Å². The summed E-state index contributed by atoms with van der Waals surface area (Å²) in [7, 11) is 4.24. The number of anilines is 1. The summed E-state index contributed by atoms with van der Waals surface area (Å²) in [5, 5.41) is 9.24. The lowest BCUT2D eigenvalue weighted by atomic mass is 10.1. The van der Waals surface area contributed by atoms with E-state index in [1.807, 2.05) is 0 Å². The van der Waals surface area contributed by atoms with Crippen molar-refractivity contribution >= 4 is 22.6 Å². The average Bonchev–Trinajstić information content (AvgIpc) is 3.68. The van der Waals surface area contributed by atoms with E-state index in [4.69, 9.17) is 20.3 Å². The second-order valence-corrected chi connectivity index (χ2v) is 8.75. The van der Waals surface area contributed by atoms with E-state index < -0.39 is 17.2 Å². The van der Waals surface area contributed by atoms with E-state index in [9.17, 15) is 13.6 Å². The van der Waals surface area contributed by atoms with Gasteiger partial charge < -0.3 is 20.1 Å². The van der Waals surface area contributed by atoms with Gasteiger partial charge in [0.25, 0.3) is 0 Å². The molecule has 3 aromatic heterocycles. The Kier molecular flexibility index (Phi) is 6.61. The Balaban J connectivity index is 1.74. The smallest absolute Gasteiger partial charge is 0.246 e. The number of halogens is 2. The maximum Gasteiger partial charge on any atom is 0.246 e. The summed E-state index contributed by atoms with van der Waals surface area (Å²) >= 11 is 0. The van der Waals surface area contributed by atoms with Gasteiger partial charge in [-0.25, -0.2) is 23.4 Å². The highest BCUT2D eigenvalue weighted by Crippen LogP contribution is 2.36. The summed E-state index contributed by atoms with van der Waals surface area (Å²) in [5.41, 5.74) is 7.04. The highest BCUT2D eigenvalue weighted by molar-refractivity contribution is 6.01. The fraction of sp³-hybridized carbons (Fsp3) is 0.269. The molecule has 2 N–H and O–H groups in total. The van der Waals surface area contributed by atoms with Crippen LogP contribution in [0, 0.1) is 23.5 Å². The minimum Gasteiger partial charge on any atom is -0.493 e. The molecule has 11 nitrogen and oxygen atoms in total. The van der Waals surface area contributed by atoms with E-state index in [0.717, 1.165) is 6.07 Å². The predicted octanol–water partition coefficient (Wildman–Crippen LogP) is 2.46. The predicted molar refractivity (Wildman–Crippen MR) is 138 cm³/mol. The van der Waals surface area contributed by atoms with Crippen LogP contribution in [0.4, 0.5) is 14.6 Å². The lowest BCUT2D eigenvalue weighted by Crippen LogP contribution is -2.27. The van der Waals surface area contributed by atoms with Gasteiger partial charge in [0, 0.05) is 32.4 Å². The van der Waals surface area contributed by atoms with Gasteiger partial charge in [-0.1, -0.05) is 12.5 Å². The zero-order valence-electron chi connectivity index (χ0n) is 21.4. The van der Waals surface area contributed by atoms with Crippen LogP contribution in [0.15, 0.2) is 31.2 Å². The maximum absolute atomic E-state index is 15.0. The number of aryl methyl sites for hydroxylation is 1. The number of likely N-dealkylation sites (tertiary alicyclic amines) is 1. The van der Waals surface area contributed by atoms with Crippen molar-refractivity contribution in [3.8, 4) is 34.7 Å². The number of fused-ring (bicyclic) bond motifs is 1. The number of ether oxygens (including phenoxy) is 2. The normalized spacial score (nSPS) is 14.8. The summed E-state index contributed by atoms with van der Waals surface area (Å²) in [6.07, 6.45) is 4.82. The first-order chi connectivity index (χ1) is 18.8. The molecule has 4 aromatic rings. The molecule has 0 spiro atoms. The van der Waals surface area contributed by atoms with E-state index in [0.29, 0.717) is 41.8 Å². The molecule has 13 heteroatoms. The van der Waals surface area contributed by atoms with Crippen molar-refractivity contribution in [2.24, 2.45) is 7.05 Å². The van der Waals surface area contributed by atoms with Crippen LogP contribution in [0.2, 0.25) is 0 Å². The molecule has 0 unspecified atom stereocenters. The number of rotatable bonds is 5. The fourth-order valence-electron chi connectivity index (χ4n) is 4.64. The number of hydrogen-bond acceptors (Lipinski definition) is 8. The van der Waals surface area contributed by atoms with Crippen molar-refractivity contribution in [3.63, 3.8) is 0 Å². The van der Waals surface area contributed by atoms with Crippen LogP contribution in [0.3, 0.4) is 0 Å². The number of hydrogen-bond donors (Lipinski definition) is 1. The Morgan fingerprint density at radius 2 is 1.92 bits per heavy atom. The molecule has 0 radical (unpaired) electrons. The van der Waals surface area contributed by atoms with Crippen LogP contribution in [0.25, 0.3) is 22.3 Å². The van der Waals surface area contributed by atoms with Crippen molar-refractivity contribution in [2.45, 2.75) is 12.5 Å². The highest BCUT2D eigenvalue weighted by Gasteiger charge is 2.31. The van der Waals surface area contributed by atoms with Crippen molar-refractivity contribution in [1.29, 1.82) is 0 Å². The van der Waals surface area contributed by atoms with Crippen molar-refractivity contribution in [2.75, 3.05) is 33.0 Å². The number of benzene rings is 1. The minimum atomic E-state index is -0.979. The molecule has 1 amide bonds. The number of nitrogens with two attached hydrogens (primary N) is 1. The van der Waals surface area contributed by atoms with Gasteiger partial charge in [0.1, 0.15) is 23.4 Å². The Morgan fingerprint density at radius 1 is 1.21 bits per heavy atom. The Bertz CT molecular complexity index is 1660. The van der Waals surface area contributed by atoms with Crippen LogP contribution in [-0.4, -0.2) is 67.6 Å². The lowest BCUT2D eigenvalue weighted by molar-refractivity contribution is -0.125. The largest absolute Gasteiger partial charge is 0.493 e. The first kappa shape index (κ1) is 25.7. The van der Waals surface area contributed by atoms with Gasteiger partial charge in [-0.15, -0.1) is 0 Å². The van der Waals surface area contributed by atoms with Crippen LogP contribution in [0.5, 0.6) is 11.5 Å². The molecule has 0 saturated carbocycles. The van der Waals surface area contributed by atoms with Gasteiger partial charge in [-0.3, -0.25) is 9.48 Å². The molecular weight excluding hydrogens is 510 g/mol. The molecule has 4 heterocycles. The first-order valence-corrected chi connectivity index (χ1v) is 11.8. The molecular formula is C26H24F2N8O3. The monoisotopic (exact) mass is 534 g/mol. The topological polar surface area (TPSA) is 126 Å². The molecule has 39 heavy (non-hydrogen) atoms. The third kappa shape index (κ3) is 4.29. The molecule has 0 bridgehead atoms. The lowest BCUT2D eigenvalue weighted by Gasteiger charge is -2.16. The third-order valence-electron chi connectivity index (χ3n) is 6.58. The van der Waals surface area contributed by atoms with Gasteiger partial charge >= 0.3 is 0 Å². The maximum atomic E-state index is 15.0. The molecule has 0 aliphatic carbocycles. The summed E-state index contributed by atoms with van der Waals surface area (Å²) < 4.78 is 43.3. The van der Waals surface area contributed by atoms with Crippen molar-refractivity contribution in [1.82, 2.24) is 34.4 Å². The van der Waals surface area contributed by atoms with Crippen molar-refractivity contribution in [3.05, 3.63) is 54.1 Å². The number of aromatic nitrogens is 6. The number of methoxy groups -OCH3 is 2. The summed E-state index contributed by atoms with van der Waals surface area (Å²) in [4.78, 5) is 22.6. The van der Waals surface area contributed by atoms with E-state index >= 15 is 0 Å². The number of nitrogen functional groups attached to an aromatic ring is 1. The van der Waals surface area contributed by atoms with Gasteiger partial charge in [-0.2, -0.15) is 10.2 Å². The minimum absolute atomic E-state index is 0.118. The summed E-state index contributed by atoms with van der Waals surface area (Å²) in [6.45, 7) is 4.43. The number of amides is 1. The van der Waals surface area contributed by atoms with Gasteiger partial charge in [0.05, 0.1) is 36.7 Å². The molecule has 1 saturated heterocycles. The SMILES string of the molecule is C=CC(=O)N1CC[C@H](n2nc(C#Cc3c(F)c(OC)cc(OC)c3F)c3c(N)ncc(-c4ncnn4C)c32)C1. The number of pyridine rings is 1.